The lowest BCUT2D eigenvalue weighted by atomic mass is 9.78. The van der Waals surface area contributed by atoms with E-state index in [-0.39, 0.29) is 11.5 Å². The molecule has 6 nitrogen and oxygen atoms in total. The van der Waals surface area contributed by atoms with Crippen molar-refractivity contribution in [1.82, 2.24) is 10.2 Å². The second-order valence-corrected chi connectivity index (χ2v) is 6.31. The maximum atomic E-state index is 11.8. The van der Waals surface area contributed by atoms with Gasteiger partial charge in [0.1, 0.15) is 11.6 Å². The molecular formula is C12H20N2O4. The predicted molar refractivity (Wildman–Crippen MR) is 64.3 cm³/mol. The Morgan fingerprint density at radius 1 is 1.39 bits per heavy atom. The minimum Gasteiger partial charge on any atom is -0.480 e. The highest BCUT2D eigenvalue weighted by Crippen LogP contribution is 2.39. The standard InChI is InChI=1S/C12H20N2O4/c1-11(2,3)18-10(17)14-6-12(7-14)4-8(9(15)16)13-5-12/h8,13H,4-7H2,1-3H3,(H,15,16). The van der Waals surface area contributed by atoms with Crippen molar-refractivity contribution in [2.75, 3.05) is 19.6 Å². The molecule has 0 aliphatic carbocycles. The average molecular weight is 256 g/mol. The van der Waals surface area contributed by atoms with Crippen LogP contribution in [-0.4, -0.2) is 53.3 Å². The molecule has 0 bridgehead atoms. The number of likely N-dealkylation sites (tertiary alicyclic amines) is 1. The molecule has 1 amide bonds. The number of hydrogen-bond acceptors (Lipinski definition) is 4. The Morgan fingerprint density at radius 2 is 2.00 bits per heavy atom. The molecule has 0 aromatic rings. The molecule has 0 saturated carbocycles. The molecule has 2 fully saturated rings. The first-order valence-corrected chi connectivity index (χ1v) is 6.15. The molecule has 2 aliphatic heterocycles. The van der Waals surface area contributed by atoms with Gasteiger partial charge in [0.2, 0.25) is 0 Å². The second kappa shape index (κ2) is 4.12. The first-order chi connectivity index (χ1) is 8.21. The van der Waals surface area contributed by atoms with Gasteiger partial charge in [-0.3, -0.25) is 4.79 Å². The van der Waals surface area contributed by atoms with E-state index in [0.29, 0.717) is 26.1 Å². The first kappa shape index (κ1) is 13.1. The number of aliphatic carboxylic acids is 1. The smallest absolute Gasteiger partial charge is 0.410 e. The zero-order chi connectivity index (χ0) is 13.6. The Balaban J connectivity index is 1.84. The van der Waals surface area contributed by atoms with Crippen molar-refractivity contribution in [3.63, 3.8) is 0 Å². The molecule has 2 aliphatic rings. The lowest BCUT2D eigenvalue weighted by molar-refractivity contribution is -0.139. The van der Waals surface area contributed by atoms with E-state index in [9.17, 15) is 9.59 Å². The Bertz CT molecular complexity index is 369. The zero-order valence-corrected chi connectivity index (χ0v) is 11.0. The molecule has 18 heavy (non-hydrogen) atoms. The molecule has 2 saturated heterocycles. The van der Waals surface area contributed by atoms with Gasteiger partial charge in [0, 0.05) is 25.0 Å². The summed E-state index contributed by atoms with van der Waals surface area (Å²) in [6.07, 6.45) is 0.272. The van der Waals surface area contributed by atoms with Crippen LogP contribution in [0.4, 0.5) is 4.79 Å². The first-order valence-electron chi connectivity index (χ1n) is 6.15. The molecule has 0 aromatic carbocycles. The van der Waals surface area contributed by atoms with Crippen LogP contribution in [0.3, 0.4) is 0 Å². The Labute approximate surface area is 106 Å². The van der Waals surface area contributed by atoms with E-state index < -0.39 is 17.6 Å². The number of nitrogens with zero attached hydrogens (tertiary/aromatic N) is 1. The van der Waals surface area contributed by atoms with Gasteiger partial charge in [0.25, 0.3) is 0 Å². The number of rotatable bonds is 1. The Hall–Kier alpha value is -1.30. The number of hydrogen-bond donors (Lipinski definition) is 2. The SMILES string of the molecule is CC(C)(C)OC(=O)N1CC2(CNC(C(=O)O)C2)C1. The number of amides is 1. The minimum atomic E-state index is -0.817. The molecule has 0 radical (unpaired) electrons. The van der Waals surface area contributed by atoms with Crippen LogP contribution in [0.15, 0.2) is 0 Å². The summed E-state index contributed by atoms with van der Waals surface area (Å²) in [7, 11) is 0. The number of carboxylic acids is 1. The number of carbonyl (C=O) groups is 2. The summed E-state index contributed by atoms with van der Waals surface area (Å²) >= 11 is 0. The summed E-state index contributed by atoms with van der Waals surface area (Å²) in [5, 5.41) is 11.9. The summed E-state index contributed by atoms with van der Waals surface area (Å²) in [6, 6.07) is -0.481. The van der Waals surface area contributed by atoms with Gasteiger partial charge >= 0.3 is 12.1 Å². The highest BCUT2D eigenvalue weighted by atomic mass is 16.6. The third-order valence-electron chi connectivity index (χ3n) is 3.36. The molecule has 0 aromatic heterocycles. The van der Waals surface area contributed by atoms with E-state index in [0.717, 1.165) is 0 Å². The number of carbonyl (C=O) groups excluding carboxylic acids is 1. The molecule has 1 atom stereocenters. The van der Waals surface area contributed by atoms with Crippen molar-refractivity contribution in [3.05, 3.63) is 0 Å². The van der Waals surface area contributed by atoms with E-state index in [1.165, 1.54) is 0 Å². The maximum absolute atomic E-state index is 11.8. The fraction of sp³-hybridized carbons (Fsp3) is 0.833. The highest BCUT2D eigenvalue weighted by molar-refractivity contribution is 5.74. The monoisotopic (exact) mass is 256 g/mol. The van der Waals surface area contributed by atoms with Gasteiger partial charge in [0.15, 0.2) is 0 Å². The molecule has 2 heterocycles. The van der Waals surface area contributed by atoms with E-state index in [1.807, 2.05) is 20.8 Å². The number of ether oxygens (including phenoxy) is 1. The van der Waals surface area contributed by atoms with Crippen molar-refractivity contribution in [2.45, 2.75) is 38.8 Å². The van der Waals surface area contributed by atoms with Gasteiger partial charge < -0.3 is 20.1 Å². The summed E-state index contributed by atoms with van der Waals surface area (Å²) in [5.74, 6) is -0.817. The van der Waals surface area contributed by atoms with Gasteiger partial charge in [-0.05, 0) is 27.2 Å². The lowest BCUT2D eigenvalue weighted by Crippen LogP contribution is -2.60. The molecular weight excluding hydrogens is 236 g/mol. The Morgan fingerprint density at radius 3 is 2.44 bits per heavy atom. The largest absolute Gasteiger partial charge is 0.480 e. The third-order valence-corrected chi connectivity index (χ3v) is 3.36. The van der Waals surface area contributed by atoms with Gasteiger partial charge in [-0.15, -0.1) is 0 Å². The molecule has 102 valence electrons. The van der Waals surface area contributed by atoms with Crippen molar-refractivity contribution in [3.8, 4) is 0 Å². The van der Waals surface area contributed by atoms with Gasteiger partial charge in [-0.1, -0.05) is 0 Å². The van der Waals surface area contributed by atoms with Gasteiger partial charge in [-0.2, -0.15) is 0 Å². The number of nitrogens with one attached hydrogen (secondary N) is 1. The topological polar surface area (TPSA) is 78.9 Å². The fourth-order valence-corrected chi connectivity index (χ4v) is 2.55. The van der Waals surface area contributed by atoms with Crippen LogP contribution in [0, 0.1) is 5.41 Å². The summed E-state index contributed by atoms with van der Waals surface area (Å²) in [4.78, 5) is 24.3. The van der Waals surface area contributed by atoms with Gasteiger partial charge in [0.05, 0.1) is 0 Å². The third kappa shape index (κ3) is 2.58. The van der Waals surface area contributed by atoms with Crippen LogP contribution in [0.2, 0.25) is 0 Å². The quantitative estimate of drug-likeness (QED) is 0.721. The van der Waals surface area contributed by atoms with Gasteiger partial charge in [-0.25, -0.2) is 4.79 Å². The molecule has 6 heteroatoms. The van der Waals surface area contributed by atoms with Crippen LogP contribution >= 0.6 is 0 Å². The van der Waals surface area contributed by atoms with E-state index in [4.69, 9.17) is 9.84 Å². The van der Waals surface area contributed by atoms with E-state index >= 15 is 0 Å². The maximum Gasteiger partial charge on any atom is 0.410 e. The normalized spacial score (nSPS) is 25.9. The minimum absolute atomic E-state index is 0.0695. The molecule has 2 rings (SSSR count). The van der Waals surface area contributed by atoms with Crippen molar-refractivity contribution >= 4 is 12.1 Å². The molecule has 2 N–H and O–H groups in total. The van der Waals surface area contributed by atoms with Crippen LogP contribution in [0.25, 0.3) is 0 Å². The highest BCUT2D eigenvalue weighted by Gasteiger charge is 2.52. The molecule has 1 spiro atoms. The van der Waals surface area contributed by atoms with Crippen LogP contribution in [-0.2, 0) is 9.53 Å². The van der Waals surface area contributed by atoms with Crippen molar-refractivity contribution < 1.29 is 19.4 Å². The van der Waals surface area contributed by atoms with Crippen LogP contribution < -0.4 is 5.32 Å². The van der Waals surface area contributed by atoms with Crippen LogP contribution in [0.5, 0.6) is 0 Å². The average Bonchev–Trinajstić information content (AvgIpc) is 2.56. The lowest BCUT2D eigenvalue weighted by Gasteiger charge is -2.47. The van der Waals surface area contributed by atoms with Crippen molar-refractivity contribution in [1.29, 1.82) is 0 Å². The fourth-order valence-electron chi connectivity index (χ4n) is 2.55. The second-order valence-electron chi connectivity index (χ2n) is 6.31. The summed E-state index contributed by atoms with van der Waals surface area (Å²) < 4.78 is 5.27. The summed E-state index contributed by atoms with van der Waals surface area (Å²) in [5.41, 5.74) is -0.558. The van der Waals surface area contributed by atoms with Crippen LogP contribution in [0.1, 0.15) is 27.2 Å². The van der Waals surface area contributed by atoms with E-state index in [1.54, 1.807) is 4.90 Å². The zero-order valence-electron chi connectivity index (χ0n) is 11.0. The Kier molecular flexibility index (Phi) is 3.01. The number of carboxylic acid groups (broad SMARTS) is 1. The van der Waals surface area contributed by atoms with Crippen molar-refractivity contribution in [2.24, 2.45) is 5.41 Å². The van der Waals surface area contributed by atoms with E-state index in [2.05, 4.69) is 5.32 Å². The predicted octanol–water partition coefficient (Wildman–Crippen LogP) is 0.670. The summed E-state index contributed by atoms with van der Waals surface area (Å²) in [6.45, 7) is 7.31. The molecule has 1 unspecified atom stereocenters.